The van der Waals surface area contributed by atoms with Gasteiger partial charge in [-0.05, 0) is 20.3 Å². The second-order valence-corrected chi connectivity index (χ2v) is 3.50. The summed E-state index contributed by atoms with van der Waals surface area (Å²) in [6, 6.07) is -1.22. The minimum atomic E-state index is -1.57. The Morgan fingerprint density at radius 3 is 2.20 bits per heavy atom. The number of ether oxygens (including phenoxy) is 2. The van der Waals surface area contributed by atoms with Crippen LogP contribution < -0.4 is 5.32 Å². The average Bonchev–Trinajstić information content (AvgIpc) is 2.42. The lowest BCUT2D eigenvalue weighted by Gasteiger charge is -2.15. The molecule has 0 heterocycles. The van der Waals surface area contributed by atoms with E-state index in [9.17, 15) is 19.2 Å². The molecule has 0 rings (SSSR count). The van der Waals surface area contributed by atoms with E-state index in [1.54, 1.807) is 13.8 Å². The van der Waals surface area contributed by atoms with Crippen molar-refractivity contribution in [3.63, 3.8) is 0 Å². The number of esters is 2. The second-order valence-electron chi connectivity index (χ2n) is 3.50. The largest absolute Gasteiger partial charge is 0.466 e. The molecule has 0 radical (unpaired) electrons. The topological polar surface area (TPSA) is 128 Å². The molecule has 1 amide bonds. The van der Waals surface area contributed by atoms with Crippen molar-refractivity contribution in [2.45, 2.75) is 32.7 Å². The van der Waals surface area contributed by atoms with E-state index in [1.165, 1.54) is 0 Å². The SMILES string of the molecule is CCOC(=O)CC[C@H](NC(=O)C(=O)OO)C(=O)OCC. The zero-order chi connectivity index (χ0) is 15.5. The van der Waals surface area contributed by atoms with Crippen LogP contribution in [-0.4, -0.2) is 48.3 Å². The van der Waals surface area contributed by atoms with Crippen LogP contribution in [0.15, 0.2) is 0 Å². The van der Waals surface area contributed by atoms with Crippen molar-refractivity contribution in [2.24, 2.45) is 0 Å². The Hall–Kier alpha value is -2.16. The molecule has 0 unspecified atom stereocenters. The molecule has 2 N–H and O–H groups in total. The van der Waals surface area contributed by atoms with Crippen LogP contribution in [0, 0.1) is 0 Å². The van der Waals surface area contributed by atoms with E-state index in [1.807, 2.05) is 5.32 Å². The van der Waals surface area contributed by atoms with Crippen molar-refractivity contribution >= 4 is 23.8 Å². The summed E-state index contributed by atoms with van der Waals surface area (Å²) in [5.41, 5.74) is 0. The summed E-state index contributed by atoms with van der Waals surface area (Å²) in [5.74, 6) is -4.26. The van der Waals surface area contributed by atoms with Gasteiger partial charge >= 0.3 is 23.8 Å². The van der Waals surface area contributed by atoms with Crippen LogP contribution in [0.1, 0.15) is 26.7 Å². The number of rotatable bonds is 7. The van der Waals surface area contributed by atoms with Crippen LogP contribution >= 0.6 is 0 Å². The predicted octanol–water partition coefficient (Wildman–Crippen LogP) is -0.606. The molecule has 20 heavy (non-hydrogen) atoms. The molecule has 114 valence electrons. The predicted molar refractivity (Wildman–Crippen MR) is 63.2 cm³/mol. The zero-order valence-electron chi connectivity index (χ0n) is 11.2. The Bertz CT molecular complexity index is 367. The van der Waals surface area contributed by atoms with E-state index in [-0.39, 0.29) is 26.1 Å². The molecule has 0 saturated carbocycles. The van der Waals surface area contributed by atoms with E-state index in [4.69, 9.17) is 9.99 Å². The van der Waals surface area contributed by atoms with Crippen LogP contribution in [-0.2, 0) is 33.5 Å². The maximum Gasteiger partial charge on any atom is 0.429 e. The van der Waals surface area contributed by atoms with Crippen molar-refractivity contribution in [3.05, 3.63) is 0 Å². The minimum absolute atomic E-state index is 0.0645. The Labute approximate surface area is 115 Å². The molecule has 0 aliphatic rings. The van der Waals surface area contributed by atoms with Gasteiger partial charge in [0.15, 0.2) is 0 Å². The summed E-state index contributed by atoms with van der Waals surface area (Å²) in [7, 11) is 0. The lowest BCUT2D eigenvalue weighted by Crippen LogP contribution is -2.45. The molecule has 0 aromatic carbocycles. The quantitative estimate of drug-likeness (QED) is 0.209. The van der Waals surface area contributed by atoms with Gasteiger partial charge in [-0.3, -0.25) is 14.5 Å². The second kappa shape index (κ2) is 9.73. The molecule has 0 saturated heterocycles. The van der Waals surface area contributed by atoms with E-state index < -0.39 is 29.9 Å². The molecular weight excluding hydrogens is 274 g/mol. The Morgan fingerprint density at radius 1 is 1.10 bits per heavy atom. The van der Waals surface area contributed by atoms with E-state index in [0.29, 0.717) is 0 Å². The summed E-state index contributed by atoms with van der Waals surface area (Å²) in [5, 5.41) is 10.0. The van der Waals surface area contributed by atoms with Crippen LogP contribution in [0.2, 0.25) is 0 Å². The van der Waals surface area contributed by atoms with Crippen LogP contribution in [0.3, 0.4) is 0 Å². The third-order valence-corrected chi connectivity index (χ3v) is 2.09. The minimum Gasteiger partial charge on any atom is -0.466 e. The molecular formula is C11H17NO8. The number of hydrogen-bond donors (Lipinski definition) is 2. The van der Waals surface area contributed by atoms with E-state index in [2.05, 4.69) is 9.62 Å². The van der Waals surface area contributed by atoms with Crippen molar-refractivity contribution < 1.29 is 38.8 Å². The monoisotopic (exact) mass is 291 g/mol. The van der Waals surface area contributed by atoms with Crippen LogP contribution in [0.25, 0.3) is 0 Å². The standard InChI is InChI=1S/C11H17NO8/c1-3-18-8(13)6-5-7(10(15)19-4-2)12-9(14)11(16)20-17/h7,17H,3-6H2,1-2H3,(H,12,14)/t7-/m0/s1. The Morgan fingerprint density at radius 2 is 1.70 bits per heavy atom. The molecule has 0 aliphatic heterocycles. The first-order valence-corrected chi connectivity index (χ1v) is 5.94. The van der Waals surface area contributed by atoms with Gasteiger partial charge in [0.05, 0.1) is 13.2 Å². The van der Waals surface area contributed by atoms with Crippen molar-refractivity contribution in [1.82, 2.24) is 5.32 Å². The number of carbonyl (C=O) groups excluding carboxylic acids is 4. The highest BCUT2D eigenvalue weighted by atomic mass is 17.1. The van der Waals surface area contributed by atoms with Crippen LogP contribution in [0.5, 0.6) is 0 Å². The van der Waals surface area contributed by atoms with Gasteiger partial charge in [-0.25, -0.2) is 9.59 Å². The molecule has 1 atom stereocenters. The molecule has 0 aromatic rings. The highest BCUT2D eigenvalue weighted by Gasteiger charge is 2.27. The van der Waals surface area contributed by atoms with Crippen molar-refractivity contribution in [2.75, 3.05) is 13.2 Å². The highest BCUT2D eigenvalue weighted by Crippen LogP contribution is 2.02. The molecule has 0 aromatic heterocycles. The van der Waals surface area contributed by atoms with Gasteiger partial charge in [-0.2, -0.15) is 5.26 Å². The van der Waals surface area contributed by atoms with Crippen molar-refractivity contribution in [1.29, 1.82) is 0 Å². The summed E-state index contributed by atoms with van der Waals surface area (Å²) >= 11 is 0. The third-order valence-electron chi connectivity index (χ3n) is 2.09. The maximum atomic E-state index is 11.6. The van der Waals surface area contributed by atoms with Gasteiger partial charge in [0.25, 0.3) is 0 Å². The normalized spacial score (nSPS) is 11.2. The van der Waals surface area contributed by atoms with Gasteiger partial charge in [-0.15, -0.1) is 0 Å². The van der Waals surface area contributed by atoms with Crippen molar-refractivity contribution in [3.8, 4) is 0 Å². The first kappa shape index (κ1) is 17.8. The van der Waals surface area contributed by atoms with E-state index in [0.717, 1.165) is 0 Å². The fourth-order valence-electron chi connectivity index (χ4n) is 1.25. The molecule has 0 fully saturated rings. The molecule has 0 bridgehead atoms. The summed E-state index contributed by atoms with van der Waals surface area (Å²) in [4.78, 5) is 47.9. The smallest absolute Gasteiger partial charge is 0.429 e. The van der Waals surface area contributed by atoms with Gasteiger partial charge < -0.3 is 14.8 Å². The summed E-state index contributed by atoms with van der Waals surface area (Å²) < 4.78 is 9.36. The molecule has 0 spiro atoms. The van der Waals surface area contributed by atoms with Gasteiger partial charge in [0.1, 0.15) is 6.04 Å². The first-order valence-electron chi connectivity index (χ1n) is 5.94. The molecule has 9 heteroatoms. The van der Waals surface area contributed by atoms with Gasteiger partial charge in [-0.1, -0.05) is 0 Å². The van der Waals surface area contributed by atoms with Gasteiger partial charge in [0, 0.05) is 6.42 Å². The number of amides is 1. The van der Waals surface area contributed by atoms with E-state index >= 15 is 0 Å². The first-order chi connectivity index (χ1) is 9.46. The third kappa shape index (κ3) is 6.69. The summed E-state index contributed by atoms with van der Waals surface area (Å²) in [6.45, 7) is 3.44. The van der Waals surface area contributed by atoms with Gasteiger partial charge in [0.2, 0.25) is 0 Å². The number of nitrogens with one attached hydrogen (secondary N) is 1. The molecule has 0 aliphatic carbocycles. The molecule has 9 nitrogen and oxygen atoms in total. The lowest BCUT2D eigenvalue weighted by atomic mass is 10.1. The zero-order valence-corrected chi connectivity index (χ0v) is 11.2. The lowest BCUT2D eigenvalue weighted by molar-refractivity contribution is -0.232. The summed E-state index contributed by atoms with van der Waals surface area (Å²) in [6.07, 6.45) is -0.256. The fraction of sp³-hybridized carbons (Fsp3) is 0.636. The highest BCUT2D eigenvalue weighted by molar-refractivity contribution is 6.32. The number of hydrogen-bond acceptors (Lipinski definition) is 8. The fourth-order valence-corrected chi connectivity index (χ4v) is 1.25. The Kier molecular flexibility index (Phi) is 8.68. The average molecular weight is 291 g/mol. The number of carbonyl (C=O) groups is 4. The maximum absolute atomic E-state index is 11.6. The van der Waals surface area contributed by atoms with Crippen LogP contribution in [0.4, 0.5) is 0 Å². The Balaban J connectivity index is 4.56.